The van der Waals surface area contributed by atoms with E-state index < -0.39 is 0 Å². The van der Waals surface area contributed by atoms with E-state index >= 15 is 0 Å². The SMILES string of the molecule is Clc1ccc(Br)cc1C1CNC1. The predicted molar refractivity (Wildman–Crippen MR) is 54.8 cm³/mol. The van der Waals surface area contributed by atoms with Crippen LogP contribution in [0.5, 0.6) is 0 Å². The van der Waals surface area contributed by atoms with Gasteiger partial charge in [-0.2, -0.15) is 0 Å². The molecule has 0 aromatic heterocycles. The Bertz CT molecular complexity index is 297. The van der Waals surface area contributed by atoms with E-state index in [1.807, 2.05) is 12.1 Å². The highest BCUT2D eigenvalue weighted by atomic mass is 79.9. The third kappa shape index (κ3) is 1.51. The first kappa shape index (κ1) is 8.54. The van der Waals surface area contributed by atoms with Crippen molar-refractivity contribution in [2.45, 2.75) is 5.92 Å². The molecule has 1 aromatic rings. The van der Waals surface area contributed by atoms with E-state index in [4.69, 9.17) is 11.6 Å². The Balaban J connectivity index is 2.34. The molecule has 2 rings (SSSR count). The number of halogens is 2. The average Bonchev–Trinajstić information content (AvgIpc) is 1.93. The second-order valence-corrected chi connectivity index (χ2v) is 4.34. The zero-order valence-electron chi connectivity index (χ0n) is 6.48. The van der Waals surface area contributed by atoms with Gasteiger partial charge in [0.2, 0.25) is 0 Å². The van der Waals surface area contributed by atoms with E-state index in [1.54, 1.807) is 0 Å². The van der Waals surface area contributed by atoms with Crippen molar-refractivity contribution in [2.75, 3.05) is 13.1 Å². The Kier molecular flexibility index (Phi) is 2.40. The fourth-order valence-electron chi connectivity index (χ4n) is 1.34. The van der Waals surface area contributed by atoms with Crippen molar-refractivity contribution in [1.82, 2.24) is 5.32 Å². The highest BCUT2D eigenvalue weighted by molar-refractivity contribution is 9.10. The summed E-state index contributed by atoms with van der Waals surface area (Å²) in [5.74, 6) is 0.606. The smallest absolute Gasteiger partial charge is 0.0442 e. The predicted octanol–water partition coefficient (Wildman–Crippen LogP) is 2.79. The first-order valence-corrected chi connectivity index (χ1v) is 5.10. The summed E-state index contributed by atoms with van der Waals surface area (Å²) in [5.41, 5.74) is 1.25. The van der Waals surface area contributed by atoms with Crippen LogP contribution in [-0.4, -0.2) is 13.1 Å². The van der Waals surface area contributed by atoms with Crippen molar-refractivity contribution in [3.63, 3.8) is 0 Å². The van der Waals surface area contributed by atoms with E-state index in [2.05, 4.69) is 27.3 Å². The summed E-state index contributed by atoms with van der Waals surface area (Å²) < 4.78 is 1.11. The number of hydrogen-bond donors (Lipinski definition) is 1. The van der Waals surface area contributed by atoms with Gasteiger partial charge in [0.15, 0.2) is 0 Å². The molecule has 1 fully saturated rings. The molecule has 12 heavy (non-hydrogen) atoms. The molecule has 0 unspecified atom stereocenters. The van der Waals surface area contributed by atoms with E-state index in [9.17, 15) is 0 Å². The molecule has 0 amide bonds. The summed E-state index contributed by atoms with van der Waals surface area (Å²) in [6.45, 7) is 2.10. The van der Waals surface area contributed by atoms with Gasteiger partial charge < -0.3 is 5.32 Å². The van der Waals surface area contributed by atoms with Gasteiger partial charge >= 0.3 is 0 Å². The van der Waals surface area contributed by atoms with Gasteiger partial charge in [0.25, 0.3) is 0 Å². The molecule has 3 heteroatoms. The summed E-state index contributed by atoms with van der Waals surface area (Å²) in [6.07, 6.45) is 0. The van der Waals surface area contributed by atoms with E-state index in [1.165, 1.54) is 5.56 Å². The third-order valence-corrected chi connectivity index (χ3v) is 3.02. The molecule has 0 atom stereocenters. The van der Waals surface area contributed by atoms with Gasteiger partial charge in [0.05, 0.1) is 0 Å². The van der Waals surface area contributed by atoms with Gasteiger partial charge in [0.1, 0.15) is 0 Å². The zero-order valence-corrected chi connectivity index (χ0v) is 8.82. The van der Waals surface area contributed by atoms with Gasteiger partial charge in [-0.25, -0.2) is 0 Å². The molecule has 0 spiro atoms. The highest BCUT2D eigenvalue weighted by Gasteiger charge is 2.21. The minimum atomic E-state index is 0.606. The number of rotatable bonds is 1. The molecule has 1 aromatic carbocycles. The standard InChI is InChI=1S/C9H9BrClN/c10-7-1-2-9(11)8(3-7)6-4-12-5-6/h1-3,6,12H,4-5H2. The molecule has 64 valence electrons. The van der Waals surface area contributed by atoms with Crippen LogP contribution in [0.15, 0.2) is 22.7 Å². The molecule has 0 aliphatic carbocycles. The van der Waals surface area contributed by atoms with Crippen LogP contribution in [0, 0.1) is 0 Å². The Morgan fingerprint density at radius 1 is 1.42 bits per heavy atom. The topological polar surface area (TPSA) is 12.0 Å². The zero-order chi connectivity index (χ0) is 8.55. The summed E-state index contributed by atoms with van der Waals surface area (Å²) >= 11 is 9.49. The molecule has 1 aliphatic heterocycles. The minimum absolute atomic E-state index is 0.606. The molecule has 1 aliphatic rings. The van der Waals surface area contributed by atoms with Crippen molar-refractivity contribution < 1.29 is 0 Å². The highest BCUT2D eigenvalue weighted by Crippen LogP contribution is 2.29. The summed E-state index contributed by atoms with van der Waals surface area (Å²) in [6, 6.07) is 6.02. The summed E-state index contributed by atoms with van der Waals surface area (Å²) in [7, 11) is 0. The lowest BCUT2D eigenvalue weighted by molar-refractivity contribution is 0.448. The van der Waals surface area contributed by atoms with E-state index in [-0.39, 0.29) is 0 Å². The van der Waals surface area contributed by atoms with Gasteiger partial charge in [0, 0.05) is 28.5 Å². The fourth-order valence-corrected chi connectivity index (χ4v) is 1.99. The molecule has 0 saturated carbocycles. The molecule has 1 saturated heterocycles. The van der Waals surface area contributed by atoms with Crippen LogP contribution in [0.25, 0.3) is 0 Å². The maximum atomic E-state index is 6.06. The quantitative estimate of drug-likeness (QED) is 0.803. The molecule has 0 radical (unpaired) electrons. The van der Waals surface area contributed by atoms with Crippen LogP contribution < -0.4 is 5.32 Å². The Morgan fingerprint density at radius 2 is 2.17 bits per heavy atom. The molecule has 0 bridgehead atoms. The van der Waals surface area contributed by atoms with Crippen molar-refractivity contribution in [1.29, 1.82) is 0 Å². The maximum absolute atomic E-state index is 6.06. The van der Waals surface area contributed by atoms with Crippen molar-refractivity contribution >= 4 is 27.5 Å². The van der Waals surface area contributed by atoms with Crippen molar-refractivity contribution in [3.05, 3.63) is 33.3 Å². The van der Waals surface area contributed by atoms with E-state index in [0.29, 0.717) is 5.92 Å². The molecule has 1 N–H and O–H groups in total. The van der Waals surface area contributed by atoms with Crippen molar-refractivity contribution in [3.8, 4) is 0 Å². The molecular formula is C9H9BrClN. The van der Waals surface area contributed by atoms with Crippen LogP contribution >= 0.6 is 27.5 Å². The van der Waals surface area contributed by atoms with Gasteiger partial charge in [-0.15, -0.1) is 0 Å². The lowest BCUT2D eigenvalue weighted by Crippen LogP contribution is -2.39. The normalized spacial score (nSPS) is 17.5. The van der Waals surface area contributed by atoms with Crippen LogP contribution in [0.1, 0.15) is 11.5 Å². The van der Waals surface area contributed by atoms with Crippen LogP contribution in [0.4, 0.5) is 0 Å². The minimum Gasteiger partial charge on any atom is -0.315 e. The lowest BCUT2D eigenvalue weighted by Gasteiger charge is -2.28. The molecule has 1 heterocycles. The summed E-state index contributed by atoms with van der Waals surface area (Å²) in [5, 5.41) is 4.11. The van der Waals surface area contributed by atoms with Gasteiger partial charge in [-0.05, 0) is 23.8 Å². The van der Waals surface area contributed by atoms with Gasteiger partial charge in [-0.3, -0.25) is 0 Å². The number of nitrogens with one attached hydrogen (secondary N) is 1. The fraction of sp³-hybridized carbons (Fsp3) is 0.333. The van der Waals surface area contributed by atoms with Crippen LogP contribution in [0.3, 0.4) is 0 Å². The van der Waals surface area contributed by atoms with Crippen LogP contribution in [-0.2, 0) is 0 Å². The second kappa shape index (κ2) is 3.36. The lowest BCUT2D eigenvalue weighted by atomic mass is 9.94. The summed E-state index contributed by atoms with van der Waals surface area (Å²) in [4.78, 5) is 0. The molecule has 1 nitrogen and oxygen atoms in total. The maximum Gasteiger partial charge on any atom is 0.0442 e. The number of hydrogen-bond acceptors (Lipinski definition) is 1. The third-order valence-electron chi connectivity index (χ3n) is 2.18. The monoisotopic (exact) mass is 245 g/mol. The largest absolute Gasteiger partial charge is 0.315 e. The molecular weight excluding hydrogens is 237 g/mol. The van der Waals surface area contributed by atoms with E-state index in [0.717, 1.165) is 22.6 Å². The van der Waals surface area contributed by atoms with Crippen LogP contribution in [0.2, 0.25) is 5.02 Å². The number of benzene rings is 1. The average molecular weight is 247 g/mol. The second-order valence-electron chi connectivity index (χ2n) is 3.02. The Morgan fingerprint density at radius 3 is 2.75 bits per heavy atom. The van der Waals surface area contributed by atoms with Gasteiger partial charge in [-0.1, -0.05) is 27.5 Å². The van der Waals surface area contributed by atoms with Crippen molar-refractivity contribution in [2.24, 2.45) is 0 Å². The Hall–Kier alpha value is -0.0500. The first-order chi connectivity index (χ1) is 5.77. The Labute approximate surface area is 85.2 Å². The first-order valence-electron chi connectivity index (χ1n) is 3.93.